The molecule has 1 saturated heterocycles. The molecule has 1 aliphatic heterocycles. The average Bonchev–Trinajstić information content (AvgIpc) is 2.92. The molecule has 7 nitrogen and oxygen atoms in total. The number of fused-ring (bicyclic) bond motifs is 1. The number of ether oxygens (including phenoxy) is 1. The summed E-state index contributed by atoms with van der Waals surface area (Å²) in [6.07, 6.45) is -2.62. The number of hydrogen-bond donors (Lipinski definition) is 2. The summed E-state index contributed by atoms with van der Waals surface area (Å²) in [5, 5.41) is 8.98. The second kappa shape index (κ2) is 4.35. The number of anilines is 1. The zero-order valence-corrected chi connectivity index (χ0v) is 9.70. The summed E-state index contributed by atoms with van der Waals surface area (Å²) in [4.78, 5) is 10.8. The SMILES string of the molecule is Nc1nc(F)nc2c1ncn2C1OC(CO)CC1F. The fourth-order valence-electron chi connectivity index (χ4n) is 2.16. The highest BCUT2D eigenvalue weighted by Crippen LogP contribution is 2.33. The molecule has 9 heteroatoms. The first-order chi connectivity index (χ1) is 9.10. The van der Waals surface area contributed by atoms with Crippen molar-refractivity contribution in [2.45, 2.75) is 24.9 Å². The van der Waals surface area contributed by atoms with Crippen molar-refractivity contribution in [2.75, 3.05) is 12.3 Å². The monoisotopic (exact) mass is 271 g/mol. The highest BCUT2D eigenvalue weighted by Gasteiger charge is 2.37. The summed E-state index contributed by atoms with van der Waals surface area (Å²) in [6.45, 7) is -0.283. The van der Waals surface area contributed by atoms with Crippen molar-refractivity contribution in [1.82, 2.24) is 19.5 Å². The van der Waals surface area contributed by atoms with Crippen LogP contribution in [0.1, 0.15) is 12.6 Å². The van der Waals surface area contributed by atoms with E-state index in [1.54, 1.807) is 0 Å². The van der Waals surface area contributed by atoms with Gasteiger partial charge < -0.3 is 15.6 Å². The largest absolute Gasteiger partial charge is 0.394 e. The van der Waals surface area contributed by atoms with Crippen LogP contribution in [0.15, 0.2) is 6.33 Å². The molecule has 0 saturated carbocycles. The third-order valence-corrected chi connectivity index (χ3v) is 3.03. The number of nitrogens with two attached hydrogens (primary N) is 1. The molecule has 1 fully saturated rings. The zero-order valence-electron chi connectivity index (χ0n) is 9.70. The van der Waals surface area contributed by atoms with Gasteiger partial charge >= 0.3 is 6.08 Å². The summed E-state index contributed by atoms with van der Waals surface area (Å²) in [5.74, 6) is -0.117. The summed E-state index contributed by atoms with van der Waals surface area (Å²) in [7, 11) is 0. The predicted molar refractivity (Wildman–Crippen MR) is 60.2 cm³/mol. The van der Waals surface area contributed by atoms with E-state index in [1.807, 2.05) is 0 Å². The molecule has 2 aromatic rings. The first-order valence-corrected chi connectivity index (χ1v) is 5.66. The van der Waals surface area contributed by atoms with E-state index < -0.39 is 24.6 Å². The van der Waals surface area contributed by atoms with Crippen LogP contribution < -0.4 is 5.73 Å². The second-order valence-corrected chi connectivity index (χ2v) is 4.28. The van der Waals surface area contributed by atoms with Crippen molar-refractivity contribution in [3.63, 3.8) is 0 Å². The molecule has 3 rings (SSSR count). The maximum atomic E-state index is 13.9. The van der Waals surface area contributed by atoms with Crippen LogP contribution in [0.4, 0.5) is 14.6 Å². The van der Waals surface area contributed by atoms with E-state index in [0.717, 1.165) is 0 Å². The Morgan fingerprint density at radius 2 is 2.32 bits per heavy atom. The molecular formula is C10H11F2N5O2. The van der Waals surface area contributed by atoms with Gasteiger partial charge in [0.2, 0.25) is 0 Å². The van der Waals surface area contributed by atoms with Crippen LogP contribution in [0.3, 0.4) is 0 Å². The molecule has 1 aliphatic rings. The summed E-state index contributed by atoms with van der Waals surface area (Å²) >= 11 is 0. The lowest BCUT2D eigenvalue weighted by molar-refractivity contribution is -0.0351. The molecule has 0 aliphatic carbocycles. The molecule has 0 amide bonds. The summed E-state index contributed by atoms with van der Waals surface area (Å²) < 4.78 is 33.6. The van der Waals surface area contributed by atoms with E-state index >= 15 is 0 Å². The molecule has 3 N–H and O–H groups in total. The number of rotatable bonds is 2. The van der Waals surface area contributed by atoms with Gasteiger partial charge in [0, 0.05) is 6.42 Å². The Hall–Kier alpha value is -1.87. The van der Waals surface area contributed by atoms with Crippen molar-refractivity contribution in [1.29, 1.82) is 0 Å². The van der Waals surface area contributed by atoms with E-state index in [0.29, 0.717) is 0 Å². The zero-order chi connectivity index (χ0) is 13.6. The number of aliphatic hydroxyl groups excluding tert-OH is 1. The van der Waals surface area contributed by atoms with Crippen molar-refractivity contribution in [3.8, 4) is 0 Å². The quantitative estimate of drug-likeness (QED) is 0.755. The number of imidazole rings is 1. The molecule has 0 aromatic carbocycles. The molecule has 3 heterocycles. The van der Waals surface area contributed by atoms with Gasteiger partial charge in [0.25, 0.3) is 0 Å². The minimum absolute atomic E-state index is 0.0594. The Labute approximate surface area is 106 Å². The lowest BCUT2D eigenvalue weighted by Crippen LogP contribution is -2.17. The lowest BCUT2D eigenvalue weighted by atomic mass is 10.2. The normalized spacial score (nSPS) is 27.2. The molecule has 3 unspecified atom stereocenters. The number of nitrogen functional groups attached to an aromatic ring is 1. The molecule has 3 atom stereocenters. The number of hydrogen-bond acceptors (Lipinski definition) is 6. The molecule has 0 bridgehead atoms. The molecule has 0 radical (unpaired) electrons. The molecule has 19 heavy (non-hydrogen) atoms. The number of nitrogens with zero attached hydrogens (tertiary/aromatic N) is 4. The van der Waals surface area contributed by atoms with Crippen LogP contribution in [-0.4, -0.2) is 43.5 Å². The third kappa shape index (κ3) is 1.90. The van der Waals surface area contributed by atoms with Crippen molar-refractivity contribution in [3.05, 3.63) is 12.4 Å². The van der Waals surface area contributed by atoms with Crippen molar-refractivity contribution in [2.24, 2.45) is 0 Å². The molecular weight excluding hydrogens is 260 g/mol. The minimum atomic E-state index is -1.34. The van der Waals surface area contributed by atoms with Gasteiger partial charge in [-0.05, 0) is 0 Å². The van der Waals surface area contributed by atoms with Gasteiger partial charge in [0.05, 0.1) is 19.0 Å². The van der Waals surface area contributed by atoms with Crippen LogP contribution >= 0.6 is 0 Å². The van der Waals surface area contributed by atoms with Gasteiger partial charge in [-0.1, -0.05) is 0 Å². The van der Waals surface area contributed by atoms with Gasteiger partial charge in [-0.2, -0.15) is 14.4 Å². The minimum Gasteiger partial charge on any atom is -0.394 e. The van der Waals surface area contributed by atoms with Crippen LogP contribution in [0.25, 0.3) is 11.2 Å². The standard InChI is InChI=1S/C10H11F2N5O2/c11-5-1-4(2-18)19-9(5)17-3-14-6-7(13)15-10(12)16-8(6)17/h3-5,9,18H,1-2H2,(H2,13,15,16). The van der Waals surface area contributed by atoms with E-state index in [9.17, 15) is 8.78 Å². The van der Waals surface area contributed by atoms with Crippen LogP contribution in [-0.2, 0) is 4.74 Å². The van der Waals surface area contributed by atoms with Crippen LogP contribution in [0.5, 0.6) is 0 Å². The Bertz CT molecular complexity index is 619. The van der Waals surface area contributed by atoms with Crippen LogP contribution in [0.2, 0.25) is 0 Å². The maximum absolute atomic E-state index is 13.9. The summed E-state index contributed by atoms with van der Waals surface area (Å²) in [5.41, 5.74) is 5.77. The number of aliphatic hydroxyl groups is 1. The fraction of sp³-hybridized carbons (Fsp3) is 0.500. The first-order valence-electron chi connectivity index (χ1n) is 5.66. The average molecular weight is 271 g/mol. The maximum Gasteiger partial charge on any atom is 0.312 e. The second-order valence-electron chi connectivity index (χ2n) is 4.28. The molecule has 102 valence electrons. The summed E-state index contributed by atoms with van der Waals surface area (Å²) in [6, 6.07) is 0. The van der Waals surface area contributed by atoms with E-state index in [1.165, 1.54) is 10.9 Å². The topological polar surface area (TPSA) is 99.1 Å². The Balaban J connectivity index is 2.06. The highest BCUT2D eigenvalue weighted by atomic mass is 19.1. The Morgan fingerprint density at radius 1 is 1.53 bits per heavy atom. The number of aromatic nitrogens is 4. The predicted octanol–water partition coefficient (Wildman–Crippen LogP) is 0.165. The number of alkyl halides is 1. The third-order valence-electron chi connectivity index (χ3n) is 3.03. The number of halogens is 2. The van der Waals surface area contributed by atoms with Gasteiger partial charge in [-0.25, -0.2) is 9.37 Å². The van der Waals surface area contributed by atoms with E-state index in [2.05, 4.69) is 15.0 Å². The van der Waals surface area contributed by atoms with Crippen molar-refractivity contribution >= 4 is 17.0 Å². The van der Waals surface area contributed by atoms with Gasteiger partial charge in [-0.15, -0.1) is 0 Å². The van der Waals surface area contributed by atoms with Gasteiger partial charge in [-0.3, -0.25) is 4.57 Å². The smallest absolute Gasteiger partial charge is 0.312 e. The van der Waals surface area contributed by atoms with Crippen molar-refractivity contribution < 1.29 is 18.6 Å². The Kier molecular flexibility index (Phi) is 2.79. The van der Waals surface area contributed by atoms with Gasteiger partial charge in [0.1, 0.15) is 6.17 Å². The van der Waals surface area contributed by atoms with Gasteiger partial charge in [0.15, 0.2) is 23.2 Å². The van der Waals surface area contributed by atoms with Crippen LogP contribution in [0, 0.1) is 6.08 Å². The first kappa shape index (κ1) is 12.2. The lowest BCUT2D eigenvalue weighted by Gasteiger charge is -2.15. The highest BCUT2D eigenvalue weighted by molar-refractivity contribution is 5.81. The Morgan fingerprint density at radius 3 is 3.00 bits per heavy atom. The fourth-order valence-corrected chi connectivity index (χ4v) is 2.16. The molecule has 2 aromatic heterocycles. The molecule has 0 spiro atoms. The van der Waals surface area contributed by atoms with E-state index in [4.69, 9.17) is 15.6 Å². The van der Waals surface area contributed by atoms with E-state index in [-0.39, 0.29) is 30.0 Å².